The Morgan fingerprint density at radius 2 is 2.21 bits per heavy atom. The minimum atomic E-state index is -0.0255. The molecule has 0 radical (unpaired) electrons. The number of benzene rings is 1. The van der Waals surface area contributed by atoms with Crippen molar-refractivity contribution < 1.29 is 4.79 Å². The van der Waals surface area contributed by atoms with Gasteiger partial charge in [-0.3, -0.25) is 9.69 Å². The third-order valence-electron chi connectivity index (χ3n) is 2.23. The second-order valence-electron chi connectivity index (χ2n) is 3.37. The van der Waals surface area contributed by atoms with E-state index < -0.39 is 0 Å². The largest absolute Gasteiger partial charge is 0.366 e. The predicted molar refractivity (Wildman–Crippen MR) is 57.2 cm³/mol. The van der Waals surface area contributed by atoms with Crippen LogP contribution in [0.25, 0.3) is 0 Å². The molecule has 1 aliphatic heterocycles. The molecule has 0 aromatic heterocycles. The number of carbonyl (C=O) groups is 1. The van der Waals surface area contributed by atoms with Crippen molar-refractivity contribution in [2.24, 2.45) is 0 Å². The number of anilines is 2. The van der Waals surface area contributed by atoms with E-state index in [4.69, 9.17) is 0 Å². The fourth-order valence-corrected chi connectivity index (χ4v) is 1.52. The van der Waals surface area contributed by atoms with E-state index in [-0.39, 0.29) is 5.91 Å². The summed E-state index contributed by atoms with van der Waals surface area (Å²) in [7, 11) is 0. The van der Waals surface area contributed by atoms with Gasteiger partial charge in [0, 0.05) is 5.57 Å². The summed E-state index contributed by atoms with van der Waals surface area (Å²) in [6.07, 6.45) is 0. The van der Waals surface area contributed by atoms with E-state index in [1.54, 1.807) is 11.8 Å². The Morgan fingerprint density at radius 1 is 1.50 bits per heavy atom. The second-order valence-corrected chi connectivity index (χ2v) is 3.37. The number of hydrogen-bond acceptors (Lipinski definition) is 2. The molecule has 0 spiro atoms. The maximum Gasteiger partial charge on any atom is 0.254 e. The molecule has 1 amide bonds. The fraction of sp³-hybridized carbons (Fsp3) is 0.182. The molecule has 2 rings (SSSR count). The first-order valence-corrected chi connectivity index (χ1v) is 4.50. The summed E-state index contributed by atoms with van der Waals surface area (Å²) in [4.78, 5) is 13.4. The van der Waals surface area contributed by atoms with Crippen LogP contribution in [0, 0.1) is 0 Å². The maximum absolute atomic E-state index is 11.7. The summed E-state index contributed by atoms with van der Waals surface area (Å²) in [5.74, 6) is -0.0255. The summed E-state index contributed by atoms with van der Waals surface area (Å²) in [6.45, 7) is 5.91. The Labute approximate surface area is 83.0 Å². The maximum atomic E-state index is 11.7. The normalized spacial score (nSPS) is 13.4. The molecular weight excluding hydrogens is 176 g/mol. The van der Waals surface area contributed by atoms with Crippen LogP contribution < -0.4 is 10.2 Å². The number of hydrogen-bond donors (Lipinski definition) is 1. The third kappa shape index (κ3) is 1.27. The molecule has 3 nitrogen and oxygen atoms in total. The second kappa shape index (κ2) is 3.18. The third-order valence-corrected chi connectivity index (χ3v) is 2.23. The molecule has 1 aromatic carbocycles. The van der Waals surface area contributed by atoms with E-state index in [0.717, 1.165) is 11.4 Å². The predicted octanol–water partition coefficient (Wildman–Crippen LogP) is 1.98. The zero-order valence-electron chi connectivity index (χ0n) is 8.08. The molecule has 0 bridgehead atoms. The lowest BCUT2D eigenvalue weighted by molar-refractivity contribution is -0.114. The number of carbonyl (C=O) groups excluding carboxylic acids is 1. The van der Waals surface area contributed by atoms with E-state index in [0.29, 0.717) is 12.2 Å². The average molecular weight is 188 g/mol. The molecule has 1 N–H and O–H groups in total. The lowest BCUT2D eigenvalue weighted by Crippen LogP contribution is -2.30. The molecular formula is C11H12N2O. The Hall–Kier alpha value is -1.77. The van der Waals surface area contributed by atoms with Gasteiger partial charge in [-0.2, -0.15) is 0 Å². The lowest BCUT2D eigenvalue weighted by Gasteiger charge is -2.15. The smallest absolute Gasteiger partial charge is 0.254 e. The minimum absolute atomic E-state index is 0.0255. The van der Waals surface area contributed by atoms with Gasteiger partial charge in [-0.05, 0) is 19.1 Å². The highest BCUT2D eigenvalue weighted by Crippen LogP contribution is 2.31. The van der Waals surface area contributed by atoms with Crippen molar-refractivity contribution in [1.82, 2.24) is 0 Å². The molecule has 0 aliphatic carbocycles. The van der Waals surface area contributed by atoms with Gasteiger partial charge in [0.05, 0.1) is 18.0 Å². The van der Waals surface area contributed by atoms with Gasteiger partial charge in [0.15, 0.2) is 0 Å². The highest BCUT2D eigenvalue weighted by atomic mass is 16.2. The number of amides is 1. The van der Waals surface area contributed by atoms with Crippen molar-refractivity contribution in [2.75, 3.05) is 16.9 Å². The van der Waals surface area contributed by atoms with Crippen molar-refractivity contribution in [1.29, 1.82) is 0 Å². The molecule has 0 saturated carbocycles. The SMILES string of the molecule is C=C(C)C(=O)N1CNc2ccccc21. The molecule has 0 fully saturated rings. The number of para-hydroxylation sites is 2. The van der Waals surface area contributed by atoms with Crippen LogP contribution >= 0.6 is 0 Å². The molecule has 1 aliphatic rings. The fourth-order valence-electron chi connectivity index (χ4n) is 1.52. The molecule has 0 atom stereocenters. The monoisotopic (exact) mass is 188 g/mol. The van der Waals surface area contributed by atoms with Gasteiger partial charge >= 0.3 is 0 Å². The summed E-state index contributed by atoms with van der Waals surface area (Å²) >= 11 is 0. The van der Waals surface area contributed by atoms with Crippen molar-refractivity contribution >= 4 is 17.3 Å². The quantitative estimate of drug-likeness (QED) is 0.683. The molecule has 14 heavy (non-hydrogen) atoms. The number of nitrogens with one attached hydrogen (secondary N) is 1. The van der Waals surface area contributed by atoms with Gasteiger partial charge in [-0.15, -0.1) is 0 Å². The van der Waals surface area contributed by atoms with E-state index >= 15 is 0 Å². The van der Waals surface area contributed by atoms with Gasteiger partial charge in [0.25, 0.3) is 5.91 Å². The zero-order valence-corrected chi connectivity index (χ0v) is 8.08. The van der Waals surface area contributed by atoms with Crippen molar-refractivity contribution in [2.45, 2.75) is 6.92 Å². The van der Waals surface area contributed by atoms with Crippen LogP contribution in [-0.4, -0.2) is 12.6 Å². The highest BCUT2D eigenvalue weighted by Gasteiger charge is 2.23. The standard InChI is InChI=1S/C11H12N2O/c1-8(2)11(14)13-7-12-9-5-3-4-6-10(9)13/h3-6,12H,1,7H2,2H3. The summed E-state index contributed by atoms with van der Waals surface area (Å²) in [6, 6.07) is 7.75. The number of nitrogens with zero attached hydrogens (tertiary/aromatic N) is 1. The van der Waals surface area contributed by atoms with Crippen molar-refractivity contribution in [3.05, 3.63) is 36.4 Å². The minimum Gasteiger partial charge on any atom is -0.366 e. The summed E-state index contributed by atoms with van der Waals surface area (Å²) < 4.78 is 0. The van der Waals surface area contributed by atoms with Gasteiger partial charge in [-0.1, -0.05) is 18.7 Å². The van der Waals surface area contributed by atoms with E-state index in [9.17, 15) is 4.79 Å². The summed E-state index contributed by atoms with van der Waals surface area (Å²) in [5.41, 5.74) is 2.49. The van der Waals surface area contributed by atoms with Crippen molar-refractivity contribution in [3.63, 3.8) is 0 Å². The van der Waals surface area contributed by atoms with Gasteiger partial charge in [-0.25, -0.2) is 0 Å². The van der Waals surface area contributed by atoms with Gasteiger partial charge in [0.2, 0.25) is 0 Å². The van der Waals surface area contributed by atoms with E-state index in [1.165, 1.54) is 0 Å². The van der Waals surface area contributed by atoms with Crippen LogP contribution in [0.5, 0.6) is 0 Å². The first kappa shape index (κ1) is 8.81. The van der Waals surface area contributed by atoms with Crippen LogP contribution in [-0.2, 0) is 4.79 Å². The molecule has 3 heteroatoms. The van der Waals surface area contributed by atoms with Gasteiger partial charge in [0.1, 0.15) is 0 Å². The topological polar surface area (TPSA) is 32.3 Å². The van der Waals surface area contributed by atoms with E-state index in [1.807, 2.05) is 24.3 Å². The first-order valence-electron chi connectivity index (χ1n) is 4.50. The Bertz CT molecular complexity index is 398. The average Bonchev–Trinajstić information content (AvgIpc) is 2.60. The van der Waals surface area contributed by atoms with Crippen LogP contribution in [0.2, 0.25) is 0 Å². The van der Waals surface area contributed by atoms with Crippen LogP contribution in [0.1, 0.15) is 6.92 Å². The first-order chi connectivity index (χ1) is 6.70. The van der Waals surface area contributed by atoms with Crippen LogP contribution in [0.4, 0.5) is 11.4 Å². The lowest BCUT2D eigenvalue weighted by atomic mass is 10.2. The Kier molecular flexibility index (Phi) is 2.00. The molecule has 72 valence electrons. The van der Waals surface area contributed by atoms with E-state index in [2.05, 4.69) is 11.9 Å². The molecule has 1 heterocycles. The van der Waals surface area contributed by atoms with Crippen molar-refractivity contribution in [3.8, 4) is 0 Å². The summed E-state index contributed by atoms with van der Waals surface area (Å²) in [5, 5.41) is 3.15. The van der Waals surface area contributed by atoms with Crippen LogP contribution in [0.3, 0.4) is 0 Å². The zero-order chi connectivity index (χ0) is 10.1. The van der Waals surface area contributed by atoms with Gasteiger partial charge < -0.3 is 5.32 Å². The molecule has 0 saturated heterocycles. The van der Waals surface area contributed by atoms with Crippen LogP contribution in [0.15, 0.2) is 36.4 Å². The number of rotatable bonds is 1. The molecule has 0 unspecified atom stereocenters. The molecule has 1 aromatic rings. The Morgan fingerprint density at radius 3 is 2.93 bits per heavy atom. The number of fused-ring (bicyclic) bond motifs is 1. The highest BCUT2D eigenvalue weighted by molar-refractivity contribution is 6.08. The Balaban J connectivity index is 2.35.